The number of aryl methyl sites for hydroxylation is 2. The number of fused-ring (bicyclic) bond motifs is 1. The highest BCUT2D eigenvalue weighted by atomic mass is 15.1. The molecule has 1 aromatic carbocycles. The third kappa shape index (κ3) is 2.56. The molecule has 16 heavy (non-hydrogen) atoms. The third-order valence-electron chi connectivity index (χ3n) is 3.30. The zero-order chi connectivity index (χ0) is 11.4. The van der Waals surface area contributed by atoms with Crippen molar-refractivity contribution in [2.24, 2.45) is 0 Å². The Morgan fingerprint density at radius 2 is 2.25 bits per heavy atom. The standard InChI is InChI=1S/C14H22N2/c1-12-6-7-14-13(11-12)5-3-9-16(14)10-4-8-15-2/h6-7,11,15H,3-5,8-10H2,1-2H3. The Morgan fingerprint density at radius 3 is 3.06 bits per heavy atom. The van der Waals surface area contributed by atoms with Gasteiger partial charge in [0, 0.05) is 18.8 Å². The predicted octanol–water partition coefficient (Wildman–Crippen LogP) is 2.36. The summed E-state index contributed by atoms with van der Waals surface area (Å²) < 4.78 is 0. The molecule has 0 radical (unpaired) electrons. The fourth-order valence-corrected chi connectivity index (χ4v) is 2.48. The van der Waals surface area contributed by atoms with Crippen LogP contribution >= 0.6 is 0 Å². The van der Waals surface area contributed by atoms with E-state index in [0.717, 1.165) is 6.54 Å². The van der Waals surface area contributed by atoms with Gasteiger partial charge < -0.3 is 10.2 Å². The summed E-state index contributed by atoms with van der Waals surface area (Å²) in [6.45, 7) is 5.69. The average Bonchev–Trinajstić information content (AvgIpc) is 2.29. The molecular formula is C14H22N2. The quantitative estimate of drug-likeness (QED) is 0.780. The maximum Gasteiger partial charge on any atom is 0.0398 e. The van der Waals surface area contributed by atoms with Crippen molar-refractivity contribution in [3.63, 3.8) is 0 Å². The summed E-state index contributed by atoms with van der Waals surface area (Å²) in [7, 11) is 2.02. The summed E-state index contributed by atoms with van der Waals surface area (Å²) in [6, 6.07) is 6.87. The first-order valence-corrected chi connectivity index (χ1v) is 6.30. The molecule has 1 heterocycles. The van der Waals surface area contributed by atoms with E-state index >= 15 is 0 Å². The molecule has 0 saturated carbocycles. The molecule has 0 amide bonds. The first kappa shape index (κ1) is 11.5. The number of nitrogens with zero attached hydrogens (tertiary/aromatic N) is 1. The molecule has 0 aliphatic carbocycles. The highest BCUT2D eigenvalue weighted by molar-refractivity contribution is 5.56. The lowest BCUT2D eigenvalue weighted by molar-refractivity contribution is 0.644. The Hall–Kier alpha value is -1.02. The maximum absolute atomic E-state index is 3.21. The van der Waals surface area contributed by atoms with Crippen molar-refractivity contribution >= 4 is 5.69 Å². The summed E-state index contributed by atoms with van der Waals surface area (Å²) in [6.07, 6.45) is 3.78. The van der Waals surface area contributed by atoms with Gasteiger partial charge in [-0.1, -0.05) is 17.7 Å². The monoisotopic (exact) mass is 218 g/mol. The van der Waals surface area contributed by atoms with Gasteiger partial charge in [0.05, 0.1) is 0 Å². The Labute approximate surface area is 98.7 Å². The van der Waals surface area contributed by atoms with E-state index in [1.165, 1.54) is 49.2 Å². The molecule has 1 aromatic rings. The van der Waals surface area contributed by atoms with E-state index in [-0.39, 0.29) is 0 Å². The maximum atomic E-state index is 3.21. The lowest BCUT2D eigenvalue weighted by atomic mass is 9.99. The van der Waals surface area contributed by atoms with Gasteiger partial charge in [-0.05, 0) is 51.4 Å². The molecule has 0 aromatic heterocycles. The van der Waals surface area contributed by atoms with Crippen molar-refractivity contribution in [3.05, 3.63) is 29.3 Å². The molecule has 1 aliphatic rings. The molecule has 0 bridgehead atoms. The molecule has 0 spiro atoms. The number of rotatable bonds is 4. The van der Waals surface area contributed by atoms with Gasteiger partial charge in [-0.2, -0.15) is 0 Å². The molecule has 2 heteroatoms. The topological polar surface area (TPSA) is 15.3 Å². The predicted molar refractivity (Wildman–Crippen MR) is 70.3 cm³/mol. The number of hydrogen-bond acceptors (Lipinski definition) is 2. The van der Waals surface area contributed by atoms with Crippen LogP contribution in [0.4, 0.5) is 5.69 Å². The average molecular weight is 218 g/mol. The first-order chi connectivity index (χ1) is 7.81. The van der Waals surface area contributed by atoms with Crippen molar-refractivity contribution in [2.45, 2.75) is 26.2 Å². The van der Waals surface area contributed by atoms with Crippen LogP contribution in [-0.4, -0.2) is 26.7 Å². The van der Waals surface area contributed by atoms with Crippen LogP contribution in [0.5, 0.6) is 0 Å². The fourth-order valence-electron chi connectivity index (χ4n) is 2.48. The van der Waals surface area contributed by atoms with Crippen LogP contribution in [0.15, 0.2) is 18.2 Å². The Balaban J connectivity index is 2.07. The largest absolute Gasteiger partial charge is 0.371 e. The SMILES string of the molecule is CNCCCN1CCCc2cc(C)ccc21. The van der Waals surface area contributed by atoms with Crippen LogP contribution in [0.1, 0.15) is 24.0 Å². The van der Waals surface area contributed by atoms with Gasteiger partial charge in [0.1, 0.15) is 0 Å². The van der Waals surface area contributed by atoms with E-state index < -0.39 is 0 Å². The summed E-state index contributed by atoms with van der Waals surface area (Å²) >= 11 is 0. The summed E-state index contributed by atoms with van der Waals surface area (Å²) in [5.74, 6) is 0. The van der Waals surface area contributed by atoms with Crippen LogP contribution in [-0.2, 0) is 6.42 Å². The Morgan fingerprint density at radius 1 is 1.38 bits per heavy atom. The summed E-state index contributed by atoms with van der Waals surface area (Å²) in [5, 5.41) is 3.21. The summed E-state index contributed by atoms with van der Waals surface area (Å²) in [5.41, 5.74) is 4.39. The molecule has 0 saturated heterocycles. The van der Waals surface area contributed by atoms with Gasteiger partial charge in [0.15, 0.2) is 0 Å². The molecule has 1 N–H and O–H groups in total. The van der Waals surface area contributed by atoms with Crippen molar-refractivity contribution in [3.8, 4) is 0 Å². The molecule has 0 fully saturated rings. The second kappa shape index (κ2) is 5.35. The van der Waals surface area contributed by atoms with Crippen molar-refractivity contribution < 1.29 is 0 Å². The highest BCUT2D eigenvalue weighted by Gasteiger charge is 2.15. The Kier molecular flexibility index (Phi) is 3.83. The van der Waals surface area contributed by atoms with Crippen LogP contribution < -0.4 is 10.2 Å². The normalized spacial score (nSPS) is 15.0. The smallest absolute Gasteiger partial charge is 0.0398 e. The number of nitrogens with one attached hydrogen (secondary N) is 1. The fraction of sp³-hybridized carbons (Fsp3) is 0.571. The molecular weight excluding hydrogens is 196 g/mol. The molecule has 0 atom stereocenters. The second-order valence-corrected chi connectivity index (χ2v) is 4.68. The number of benzene rings is 1. The zero-order valence-electron chi connectivity index (χ0n) is 10.4. The van der Waals surface area contributed by atoms with E-state index in [0.29, 0.717) is 0 Å². The van der Waals surface area contributed by atoms with E-state index in [2.05, 4.69) is 35.3 Å². The molecule has 0 unspecified atom stereocenters. The molecule has 1 aliphatic heterocycles. The van der Waals surface area contributed by atoms with Crippen molar-refractivity contribution in [2.75, 3.05) is 31.6 Å². The lowest BCUT2D eigenvalue weighted by Gasteiger charge is -2.31. The summed E-state index contributed by atoms with van der Waals surface area (Å²) in [4.78, 5) is 2.54. The van der Waals surface area contributed by atoms with E-state index in [4.69, 9.17) is 0 Å². The van der Waals surface area contributed by atoms with Gasteiger partial charge in [-0.3, -0.25) is 0 Å². The second-order valence-electron chi connectivity index (χ2n) is 4.68. The van der Waals surface area contributed by atoms with Crippen LogP contribution in [0.25, 0.3) is 0 Å². The van der Waals surface area contributed by atoms with Crippen molar-refractivity contribution in [1.29, 1.82) is 0 Å². The first-order valence-electron chi connectivity index (χ1n) is 6.30. The molecule has 2 nitrogen and oxygen atoms in total. The van der Waals surface area contributed by atoms with Gasteiger partial charge in [0.2, 0.25) is 0 Å². The van der Waals surface area contributed by atoms with Crippen LogP contribution in [0, 0.1) is 6.92 Å². The highest BCUT2D eigenvalue weighted by Crippen LogP contribution is 2.27. The van der Waals surface area contributed by atoms with E-state index in [1.807, 2.05) is 7.05 Å². The molecule has 88 valence electrons. The van der Waals surface area contributed by atoms with Gasteiger partial charge in [-0.25, -0.2) is 0 Å². The van der Waals surface area contributed by atoms with Gasteiger partial charge >= 0.3 is 0 Å². The van der Waals surface area contributed by atoms with E-state index in [9.17, 15) is 0 Å². The van der Waals surface area contributed by atoms with E-state index in [1.54, 1.807) is 0 Å². The lowest BCUT2D eigenvalue weighted by Crippen LogP contribution is -2.31. The van der Waals surface area contributed by atoms with Crippen LogP contribution in [0.3, 0.4) is 0 Å². The molecule has 2 rings (SSSR count). The van der Waals surface area contributed by atoms with Crippen molar-refractivity contribution in [1.82, 2.24) is 5.32 Å². The third-order valence-corrected chi connectivity index (χ3v) is 3.30. The minimum absolute atomic E-state index is 1.11. The minimum atomic E-state index is 1.11. The van der Waals surface area contributed by atoms with Crippen LogP contribution in [0.2, 0.25) is 0 Å². The zero-order valence-corrected chi connectivity index (χ0v) is 10.4. The Bertz CT molecular complexity index is 347. The number of anilines is 1. The minimum Gasteiger partial charge on any atom is -0.371 e. The number of hydrogen-bond donors (Lipinski definition) is 1. The van der Waals surface area contributed by atoms with Gasteiger partial charge in [0.25, 0.3) is 0 Å². The van der Waals surface area contributed by atoms with Gasteiger partial charge in [-0.15, -0.1) is 0 Å².